The van der Waals surface area contributed by atoms with Gasteiger partial charge in [-0.15, -0.1) is 0 Å². The van der Waals surface area contributed by atoms with Gasteiger partial charge in [0.05, 0.1) is 0 Å². The summed E-state index contributed by atoms with van der Waals surface area (Å²) in [5.74, 6) is 0.845. The summed E-state index contributed by atoms with van der Waals surface area (Å²) < 4.78 is 0. The number of fused-ring (bicyclic) bond motifs is 2. The molecule has 1 aliphatic heterocycles. The number of hydrogen-bond donors (Lipinski definition) is 0. The molecule has 1 nitrogen and oxygen atoms in total. The molecule has 0 aromatic heterocycles. The van der Waals surface area contributed by atoms with Crippen LogP contribution >= 0.6 is 0 Å². The Labute approximate surface area is 111 Å². The van der Waals surface area contributed by atoms with Crippen molar-refractivity contribution in [2.45, 2.75) is 59.0 Å². The van der Waals surface area contributed by atoms with Crippen molar-refractivity contribution in [1.82, 2.24) is 0 Å². The van der Waals surface area contributed by atoms with Crippen LogP contribution in [0.3, 0.4) is 0 Å². The molecule has 18 heavy (non-hydrogen) atoms. The van der Waals surface area contributed by atoms with Crippen molar-refractivity contribution in [2.75, 3.05) is 4.90 Å². The predicted octanol–water partition coefficient (Wildman–Crippen LogP) is 4.40. The highest BCUT2D eigenvalue weighted by atomic mass is 15.3. The van der Waals surface area contributed by atoms with Crippen molar-refractivity contribution < 1.29 is 0 Å². The first-order valence-corrected chi connectivity index (χ1v) is 7.23. The van der Waals surface area contributed by atoms with Gasteiger partial charge in [0.1, 0.15) is 0 Å². The van der Waals surface area contributed by atoms with Crippen molar-refractivity contribution in [3.8, 4) is 0 Å². The monoisotopic (exact) mass is 243 g/mol. The summed E-state index contributed by atoms with van der Waals surface area (Å²) in [4.78, 5) is 2.71. The van der Waals surface area contributed by atoms with E-state index in [2.05, 4.69) is 63.8 Å². The number of benzene rings is 1. The van der Waals surface area contributed by atoms with Crippen LogP contribution in [0.25, 0.3) is 0 Å². The van der Waals surface area contributed by atoms with Crippen molar-refractivity contribution in [3.05, 3.63) is 29.8 Å². The van der Waals surface area contributed by atoms with Gasteiger partial charge in [-0.1, -0.05) is 32.0 Å². The summed E-state index contributed by atoms with van der Waals surface area (Å²) in [5.41, 5.74) is 3.70. The SMILES string of the molecule is Cc1ccccc1N1[C@@H](C)C2(C)CC1(C)CC2C. The Hall–Kier alpha value is -0.980. The molecule has 0 spiro atoms. The Morgan fingerprint density at radius 1 is 1.17 bits per heavy atom. The number of piperidine rings is 1. The molecule has 3 rings (SSSR count). The summed E-state index contributed by atoms with van der Waals surface area (Å²) >= 11 is 0. The molecule has 2 bridgehead atoms. The number of rotatable bonds is 1. The van der Waals surface area contributed by atoms with Crippen LogP contribution in [0.2, 0.25) is 0 Å². The summed E-state index contributed by atoms with van der Waals surface area (Å²) in [6.07, 6.45) is 2.68. The third-order valence-electron chi connectivity index (χ3n) is 5.93. The maximum Gasteiger partial charge on any atom is 0.0403 e. The average molecular weight is 243 g/mol. The highest BCUT2D eigenvalue weighted by Crippen LogP contribution is 2.61. The van der Waals surface area contributed by atoms with Crippen LogP contribution in [0, 0.1) is 18.3 Å². The summed E-state index contributed by atoms with van der Waals surface area (Å²) in [6.45, 7) is 12.1. The van der Waals surface area contributed by atoms with Gasteiger partial charge in [-0.25, -0.2) is 0 Å². The van der Waals surface area contributed by atoms with Crippen LogP contribution in [-0.4, -0.2) is 11.6 Å². The molecule has 98 valence electrons. The molecular formula is C17H25N. The number of anilines is 1. The molecule has 1 aliphatic carbocycles. The van der Waals surface area contributed by atoms with Crippen LogP contribution in [0.5, 0.6) is 0 Å². The van der Waals surface area contributed by atoms with E-state index >= 15 is 0 Å². The Balaban J connectivity index is 2.08. The van der Waals surface area contributed by atoms with Gasteiger partial charge in [0.2, 0.25) is 0 Å². The molecule has 1 aromatic rings. The average Bonchev–Trinajstić information content (AvgIpc) is 2.64. The Morgan fingerprint density at radius 2 is 1.83 bits per heavy atom. The van der Waals surface area contributed by atoms with E-state index in [1.807, 2.05) is 0 Å². The highest BCUT2D eigenvalue weighted by Gasteiger charge is 2.61. The maximum absolute atomic E-state index is 2.71. The van der Waals surface area contributed by atoms with E-state index in [4.69, 9.17) is 0 Å². The second-order valence-electron chi connectivity index (χ2n) is 7.12. The maximum atomic E-state index is 2.71. The zero-order valence-corrected chi connectivity index (χ0v) is 12.3. The Bertz CT molecular complexity index is 480. The molecule has 1 aromatic carbocycles. The van der Waals surface area contributed by atoms with Gasteiger partial charge in [-0.3, -0.25) is 0 Å². The van der Waals surface area contributed by atoms with Crippen molar-refractivity contribution in [1.29, 1.82) is 0 Å². The second-order valence-corrected chi connectivity index (χ2v) is 7.12. The summed E-state index contributed by atoms with van der Waals surface area (Å²) in [7, 11) is 0. The number of para-hydroxylation sites is 1. The minimum absolute atomic E-state index is 0.361. The molecule has 3 unspecified atom stereocenters. The molecule has 1 heterocycles. The van der Waals surface area contributed by atoms with Crippen LogP contribution in [0.4, 0.5) is 5.69 Å². The Morgan fingerprint density at radius 3 is 2.39 bits per heavy atom. The van der Waals surface area contributed by atoms with Gasteiger partial charge in [0.25, 0.3) is 0 Å². The molecule has 2 fully saturated rings. The minimum Gasteiger partial charge on any atom is -0.363 e. The van der Waals surface area contributed by atoms with E-state index in [0.29, 0.717) is 17.0 Å². The largest absolute Gasteiger partial charge is 0.363 e. The molecule has 0 amide bonds. The van der Waals surface area contributed by atoms with E-state index in [1.54, 1.807) is 0 Å². The fourth-order valence-corrected chi connectivity index (χ4v) is 4.80. The predicted molar refractivity (Wildman–Crippen MR) is 78.0 cm³/mol. The lowest BCUT2D eigenvalue weighted by atomic mass is 9.75. The lowest BCUT2D eigenvalue weighted by Gasteiger charge is -2.47. The van der Waals surface area contributed by atoms with E-state index in [0.717, 1.165) is 5.92 Å². The second kappa shape index (κ2) is 3.53. The van der Waals surface area contributed by atoms with Gasteiger partial charge < -0.3 is 4.90 Å². The van der Waals surface area contributed by atoms with Crippen molar-refractivity contribution in [3.63, 3.8) is 0 Å². The van der Waals surface area contributed by atoms with Crippen LogP contribution in [-0.2, 0) is 0 Å². The van der Waals surface area contributed by atoms with Gasteiger partial charge >= 0.3 is 0 Å². The van der Waals surface area contributed by atoms with Gasteiger partial charge in [0, 0.05) is 17.3 Å². The standard InChI is InChI=1S/C17H25N/c1-12-8-6-7-9-15(12)18-14(3)17(5)11-16(18,4)10-13(17)2/h6-9,13-14H,10-11H2,1-5H3/t13?,14-,16?,17?/m0/s1. The Kier molecular flexibility index (Phi) is 2.36. The normalized spacial score (nSPS) is 42.6. The van der Waals surface area contributed by atoms with Crippen LogP contribution in [0.15, 0.2) is 24.3 Å². The molecular weight excluding hydrogens is 218 g/mol. The number of hydrogen-bond acceptors (Lipinski definition) is 1. The molecule has 0 radical (unpaired) electrons. The van der Waals surface area contributed by atoms with E-state index in [9.17, 15) is 0 Å². The van der Waals surface area contributed by atoms with Crippen LogP contribution < -0.4 is 4.90 Å². The highest BCUT2D eigenvalue weighted by molar-refractivity contribution is 5.58. The van der Waals surface area contributed by atoms with Crippen molar-refractivity contribution >= 4 is 5.69 Å². The summed E-state index contributed by atoms with van der Waals surface area (Å²) in [6, 6.07) is 9.50. The number of nitrogens with zero attached hydrogens (tertiary/aromatic N) is 1. The fraction of sp³-hybridized carbons (Fsp3) is 0.647. The first-order chi connectivity index (χ1) is 8.38. The molecule has 4 atom stereocenters. The van der Waals surface area contributed by atoms with Gasteiger partial charge in [0.15, 0.2) is 0 Å². The number of aryl methyl sites for hydroxylation is 1. The quantitative estimate of drug-likeness (QED) is 0.706. The molecule has 0 N–H and O–H groups in total. The molecule has 2 aliphatic rings. The van der Waals surface area contributed by atoms with Crippen molar-refractivity contribution in [2.24, 2.45) is 11.3 Å². The third-order valence-corrected chi connectivity index (χ3v) is 5.93. The first-order valence-electron chi connectivity index (χ1n) is 7.23. The third kappa shape index (κ3) is 1.34. The van der Waals surface area contributed by atoms with E-state index in [1.165, 1.54) is 24.1 Å². The summed E-state index contributed by atoms with van der Waals surface area (Å²) in [5, 5.41) is 0. The minimum atomic E-state index is 0.361. The molecule has 1 saturated carbocycles. The van der Waals surface area contributed by atoms with Crippen LogP contribution in [0.1, 0.15) is 46.1 Å². The fourth-order valence-electron chi connectivity index (χ4n) is 4.80. The molecule has 1 saturated heterocycles. The zero-order valence-electron chi connectivity index (χ0n) is 12.3. The van der Waals surface area contributed by atoms with Gasteiger partial charge in [-0.05, 0) is 56.6 Å². The first kappa shape index (κ1) is 12.1. The van der Waals surface area contributed by atoms with E-state index < -0.39 is 0 Å². The van der Waals surface area contributed by atoms with E-state index in [-0.39, 0.29) is 0 Å². The molecule has 1 heteroatoms. The topological polar surface area (TPSA) is 3.24 Å². The zero-order chi connectivity index (χ0) is 13.1. The smallest absolute Gasteiger partial charge is 0.0403 e. The lowest BCUT2D eigenvalue weighted by molar-refractivity contribution is 0.200. The van der Waals surface area contributed by atoms with Gasteiger partial charge in [-0.2, -0.15) is 0 Å². The lowest BCUT2D eigenvalue weighted by Crippen LogP contribution is -2.51.